The Kier molecular flexibility index (Phi) is 7.58. The number of primary amides is 1. The van der Waals surface area contributed by atoms with Crippen molar-refractivity contribution < 1.29 is 19.2 Å². The van der Waals surface area contributed by atoms with E-state index in [0.29, 0.717) is 50.6 Å². The van der Waals surface area contributed by atoms with Crippen molar-refractivity contribution in [3.8, 4) is 0 Å². The highest BCUT2D eigenvalue weighted by Crippen LogP contribution is 2.26. The molecule has 2 aliphatic rings. The van der Waals surface area contributed by atoms with E-state index in [-0.39, 0.29) is 23.4 Å². The third-order valence-electron chi connectivity index (χ3n) is 5.63. The molecule has 10 heteroatoms. The number of ether oxygens (including phenoxy) is 1. The Morgan fingerprint density at radius 1 is 1.27 bits per heavy atom. The van der Waals surface area contributed by atoms with Gasteiger partial charge in [0.2, 0.25) is 5.91 Å². The summed E-state index contributed by atoms with van der Waals surface area (Å²) in [7, 11) is 0. The highest BCUT2D eigenvalue weighted by Gasteiger charge is 2.24. The number of piperidine rings is 1. The van der Waals surface area contributed by atoms with Crippen LogP contribution in [0.5, 0.6) is 0 Å². The van der Waals surface area contributed by atoms with Crippen LogP contribution in [0.1, 0.15) is 29.6 Å². The molecule has 1 atom stereocenters. The molecule has 2 heterocycles. The Hall–Kier alpha value is -2.72. The first kappa shape index (κ1) is 22.0. The van der Waals surface area contributed by atoms with Gasteiger partial charge in [-0.3, -0.25) is 19.7 Å². The minimum atomic E-state index is -0.495. The van der Waals surface area contributed by atoms with Gasteiger partial charge in [0.15, 0.2) is 0 Å². The summed E-state index contributed by atoms with van der Waals surface area (Å²) in [6.45, 7) is 5.17. The number of amides is 2. The topological polar surface area (TPSA) is 131 Å². The van der Waals surface area contributed by atoms with E-state index in [1.807, 2.05) is 4.90 Å². The van der Waals surface area contributed by atoms with Crippen LogP contribution in [0.2, 0.25) is 0 Å². The molecule has 1 unspecified atom stereocenters. The Balaban J connectivity index is 1.57. The lowest BCUT2D eigenvalue weighted by molar-refractivity contribution is -0.384. The van der Waals surface area contributed by atoms with Crippen LogP contribution in [-0.4, -0.2) is 74.1 Å². The van der Waals surface area contributed by atoms with Gasteiger partial charge in [-0.05, 0) is 38.4 Å². The first-order valence-corrected chi connectivity index (χ1v) is 10.4. The summed E-state index contributed by atoms with van der Waals surface area (Å²) >= 11 is 0. The number of nitrogens with zero attached hydrogens (tertiary/aromatic N) is 3. The van der Waals surface area contributed by atoms with Crippen LogP contribution >= 0.6 is 0 Å². The Morgan fingerprint density at radius 3 is 2.73 bits per heavy atom. The fourth-order valence-corrected chi connectivity index (χ4v) is 3.99. The smallest absolute Gasteiger partial charge is 0.270 e. The van der Waals surface area contributed by atoms with E-state index in [2.05, 4.69) is 10.2 Å². The number of carbonyl (C=O) groups is 2. The third kappa shape index (κ3) is 5.67. The summed E-state index contributed by atoms with van der Waals surface area (Å²) < 4.78 is 5.36. The number of morpholine rings is 1. The number of likely N-dealkylation sites (tertiary alicyclic amines) is 1. The van der Waals surface area contributed by atoms with Gasteiger partial charge >= 0.3 is 0 Å². The van der Waals surface area contributed by atoms with Crippen LogP contribution < -0.4 is 16.0 Å². The number of rotatable bonds is 8. The normalized spacial score (nSPS) is 20.0. The molecule has 2 aliphatic heterocycles. The maximum atomic E-state index is 12.8. The van der Waals surface area contributed by atoms with Crippen molar-refractivity contribution in [3.05, 3.63) is 33.9 Å². The number of anilines is 1. The van der Waals surface area contributed by atoms with Crippen LogP contribution in [0.3, 0.4) is 0 Å². The van der Waals surface area contributed by atoms with Gasteiger partial charge in [-0.15, -0.1) is 0 Å². The zero-order valence-corrected chi connectivity index (χ0v) is 17.0. The first-order valence-electron chi connectivity index (χ1n) is 10.4. The molecule has 0 spiro atoms. The molecular formula is C20H29N5O5. The molecular weight excluding hydrogens is 390 g/mol. The Labute approximate surface area is 175 Å². The minimum absolute atomic E-state index is 0.103. The summed E-state index contributed by atoms with van der Waals surface area (Å²) in [6.07, 6.45) is 2.50. The van der Waals surface area contributed by atoms with Gasteiger partial charge in [-0.2, -0.15) is 0 Å². The average molecular weight is 419 g/mol. The summed E-state index contributed by atoms with van der Waals surface area (Å²) in [5.41, 5.74) is 6.29. The SMILES string of the molecule is NC(=O)C1CCCN(CCCNC(=O)c2cc([N+](=O)[O-])ccc2N2CCOCC2)C1. The van der Waals surface area contributed by atoms with Crippen LogP contribution in [0.15, 0.2) is 18.2 Å². The van der Waals surface area contributed by atoms with Crippen molar-refractivity contribution >= 4 is 23.2 Å². The number of non-ortho nitro benzene ring substituents is 1. The van der Waals surface area contributed by atoms with Crippen molar-refractivity contribution in [2.45, 2.75) is 19.3 Å². The third-order valence-corrected chi connectivity index (χ3v) is 5.63. The van der Waals surface area contributed by atoms with Crippen molar-refractivity contribution in [1.82, 2.24) is 10.2 Å². The second-order valence-corrected chi connectivity index (χ2v) is 7.71. The number of nitro groups is 1. The van der Waals surface area contributed by atoms with E-state index in [9.17, 15) is 19.7 Å². The second kappa shape index (κ2) is 10.4. The number of nitro benzene ring substituents is 1. The standard InChI is InChI=1S/C20H29N5O5/c21-19(26)15-3-1-7-23(14-15)8-2-6-22-20(27)17-13-16(25(28)29)4-5-18(17)24-9-11-30-12-10-24/h4-5,13,15H,1-3,6-12,14H2,(H2,21,26)(H,22,27). The van der Waals surface area contributed by atoms with E-state index in [1.54, 1.807) is 6.07 Å². The van der Waals surface area contributed by atoms with Gasteiger partial charge < -0.3 is 25.6 Å². The van der Waals surface area contributed by atoms with Crippen LogP contribution in [-0.2, 0) is 9.53 Å². The molecule has 3 rings (SSSR count). The average Bonchev–Trinajstić information content (AvgIpc) is 2.77. The molecule has 2 amide bonds. The van der Waals surface area contributed by atoms with Gasteiger partial charge in [0.1, 0.15) is 0 Å². The maximum absolute atomic E-state index is 12.8. The highest BCUT2D eigenvalue weighted by molar-refractivity contribution is 6.00. The lowest BCUT2D eigenvalue weighted by atomic mass is 9.97. The van der Waals surface area contributed by atoms with E-state index >= 15 is 0 Å². The monoisotopic (exact) mass is 419 g/mol. The molecule has 1 aromatic rings. The number of nitrogens with two attached hydrogens (primary N) is 1. The fraction of sp³-hybridized carbons (Fsp3) is 0.600. The molecule has 0 aromatic heterocycles. The summed E-state index contributed by atoms with van der Waals surface area (Å²) in [6, 6.07) is 4.39. The van der Waals surface area contributed by atoms with Crippen LogP contribution in [0.4, 0.5) is 11.4 Å². The van der Waals surface area contributed by atoms with Gasteiger partial charge in [0.05, 0.1) is 35.3 Å². The molecule has 1 aromatic carbocycles. The lowest BCUT2D eigenvalue weighted by Crippen LogP contribution is -2.42. The zero-order valence-electron chi connectivity index (χ0n) is 17.0. The molecule has 0 saturated carbocycles. The minimum Gasteiger partial charge on any atom is -0.378 e. The number of hydrogen-bond acceptors (Lipinski definition) is 7. The van der Waals surface area contributed by atoms with Crippen LogP contribution in [0, 0.1) is 16.0 Å². The molecule has 2 fully saturated rings. The van der Waals surface area contributed by atoms with E-state index in [1.165, 1.54) is 12.1 Å². The summed E-state index contributed by atoms with van der Waals surface area (Å²) in [5, 5.41) is 14.1. The highest BCUT2D eigenvalue weighted by atomic mass is 16.6. The summed E-state index contributed by atoms with van der Waals surface area (Å²) in [4.78, 5) is 39.1. The summed E-state index contributed by atoms with van der Waals surface area (Å²) in [5.74, 6) is -0.683. The number of hydrogen-bond donors (Lipinski definition) is 2. The molecule has 0 bridgehead atoms. The van der Waals surface area contributed by atoms with Crippen molar-refractivity contribution in [1.29, 1.82) is 0 Å². The fourth-order valence-electron chi connectivity index (χ4n) is 3.99. The van der Waals surface area contributed by atoms with Gasteiger partial charge in [0.25, 0.3) is 11.6 Å². The molecule has 0 radical (unpaired) electrons. The number of carbonyl (C=O) groups excluding carboxylic acids is 2. The largest absolute Gasteiger partial charge is 0.378 e. The Morgan fingerprint density at radius 2 is 2.03 bits per heavy atom. The molecule has 10 nitrogen and oxygen atoms in total. The number of benzene rings is 1. The predicted molar refractivity (Wildman–Crippen MR) is 111 cm³/mol. The molecule has 2 saturated heterocycles. The lowest BCUT2D eigenvalue weighted by Gasteiger charge is -2.31. The van der Waals surface area contributed by atoms with E-state index in [0.717, 1.165) is 32.4 Å². The van der Waals surface area contributed by atoms with Crippen molar-refractivity contribution in [2.24, 2.45) is 11.7 Å². The predicted octanol–water partition coefficient (Wildman–Crippen LogP) is 0.749. The van der Waals surface area contributed by atoms with Crippen molar-refractivity contribution in [3.63, 3.8) is 0 Å². The zero-order chi connectivity index (χ0) is 21.5. The van der Waals surface area contributed by atoms with E-state index < -0.39 is 4.92 Å². The molecule has 0 aliphatic carbocycles. The second-order valence-electron chi connectivity index (χ2n) is 7.71. The van der Waals surface area contributed by atoms with Gasteiger partial charge in [0, 0.05) is 38.3 Å². The van der Waals surface area contributed by atoms with Gasteiger partial charge in [-0.25, -0.2) is 0 Å². The first-order chi connectivity index (χ1) is 14.5. The van der Waals surface area contributed by atoms with Gasteiger partial charge in [-0.1, -0.05) is 0 Å². The maximum Gasteiger partial charge on any atom is 0.270 e. The Bertz CT molecular complexity index is 781. The molecule has 3 N–H and O–H groups in total. The molecule has 30 heavy (non-hydrogen) atoms. The molecule has 164 valence electrons. The number of nitrogens with one attached hydrogen (secondary N) is 1. The van der Waals surface area contributed by atoms with Crippen molar-refractivity contribution in [2.75, 3.05) is 57.4 Å². The van der Waals surface area contributed by atoms with Crippen LogP contribution in [0.25, 0.3) is 0 Å². The quantitative estimate of drug-likeness (QED) is 0.361. The van der Waals surface area contributed by atoms with E-state index in [4.69, 9.17) is 10.5 Å².